The van der Waals surface area contributed by atoms with E-state index in [2.05, 4.69) is 50.1 Å². The van der Waals surface area contributed by atoms with Gasteiger partial charge in [-0.1, -0.05) is 19.6 Å². The summed E-state index contributed by atoms with van der Waals surface area (Å²) in [6, 6.07) is 2.31. The second kappa shape index (κ2) is 4.60. The highest BCUT2D eigenvalue weighted by atomic mass is 32.1. The molecular weight excluding hydrogens is 206 g/mol. The van der Waals surface area contributed by atoms with Gasteiger partial charge in [0, 0.05) is 6.54 Å². The van der Waals surface area contributed by atoms with Crippen molar-refractivity contribution in [3.05, 3.63) is 17.0 Å². The third-order valence-electron chi connectivity index (χ3n) is 2.26. The van der Waals surface area contributed by atoms with Gasteiger partial charge in [-0.05, 0) is 42.0 Å². The Kier molecular flexibility index (Phi) is 3.92. The summed E-state index contributed by atoms with van der Waals surface area (Å²) in [5.41, 5.74) is 1.59. The van der Waals surface area contributed by atoms with E-state index in [1.807, 2.05) is 11.3 Å². The van der Waals surface area contributed by atoms with E-state index in [1.54, 1.807) is 10.1 Å². The molecule has 0 fully saturated rings. The SMILES string of the molecule is CN(C)CCc1ccsc1[Si](C)(C)C. The highest BCUT2D eigenvalue weighted by molar-refractivity contribution is 7.25. The number of nitrogens with zero attached hydrogens (tertiary/aromatic N) is 1. The lowest BCUT2D eigenvalue weighted by Crippen LogP contribution is -2.38. The molecule has 14 heavy (non-hydrogen) atoms. The molecule has 80 valence electrons. The molecule has 0 saturated heterocycles. The van der Waals surface area contributed by atoms with Gasteiger partial charge in [0.1, 0.15) is 0 Å². The first-order valence-corrected chi connectivity index (χ1v) is 9.51. The molecule has 1 aromatic heterocycles. The van der Waals surface area contributed by atoms with E-state index in [0.717, 1.165) is 6.54 Å². The number of hydrogen-bond donors (Lipinski definition) is 0. The van der Waals surface area contributed by atoms with Gasteiger partial charge in [-0.25, -0.2) is 0 Å². The molecule has 1 heterocycles. The highest BCUT2D eigenvalue weighted by Crippen LogP contribution is 2.13. The zero-order valence-electron chi connectivity index (χ0n) is 9.92. The third kappa shape index (κ3) is 3.22. The average molecular weight is 227 g/mol. The highest BCUT2D eigenvalue weighted by Gasteiger charge is 2.21. The molecular formula is C11H21NSSi. The molecule has 1 aromatic rings. The van der Waals surface area contributed by atoms with Crippen molar-refractivity contribution in [3.63, 3.8) is 0 Å². The van der Waals surface area contributed by atoms with Crippen LogP contribution in [0, 0.1) is 0 Å². The molecule has 0 aliphatic rings. The summed E-state index contributed by atoms with van der Waals surface area (Å²) in [6.45, 7) is 8.45. The summed E-state index contributed by atoms with van der Waals surface area (Å²) in [5.74, 6) is 0. The second-order valence-electron chi connectivity index (χ2n) is 5.08. The Hall–Kier alpha value is -0.123. The van der Waals surface area contributed by atoms with Crippen molar-refractivity contribution in [1.29, 1.82) is 0 Å². The van der Waals surface area contributed by atoms with E-state index in [-0.39, 0.29) is 0 Å². The smallest absolute Gasteiger partial charge is 0.0907 e. The molecule has 0 spiro atoms. The van der Waals surface area contributed by atoms with Crippen molar-refractivity contribution in [1.82, 2.24) is 4.90 Å². The topological polar surface area (TPSA) is 3.24 Å². The maximum absolute atomic E-state index is 2.43. The Balaban J connectivity index is 2.73. The maximum atomic E-state index is 2.43. The summed E-state index contributed by atoms with van der Waals surface area (Å²) in [5, 5.41) is 2.25. The van der Waals surface area contributed by atoms with Crippen LogP contribution >= 0.6 is 11.3 Å². The molecule has 0 radical (unpaired) electrons. The van der Waals surface area contributed by atoms with Crippen molar-refractivity contribution in [2.24, 2.45) is 0 Å². The molecule has 0 N–H and O–H groups in total. The first-order valence-electron chi connectivity index (χ1n) is 5.13. The van der Waals surface area contributed by atoms with Crippen LogP contribution in [0.25, 0.3) is 0 Å². The van der Waals surface area contributed by atoms with Gasteiger partial charge in [-0.15, -0.1) is 0 Å². The van der Waals surface area contributed by atoms with Crippen LogP contribution in [-0.4, -0.2) is 33.6 Å². The van der Waals surface area contributed by atoms with Crippen LogP contribution in [-0.2, 0) is 6.42 Å². The van der Waals surface area contributed by atoms with E-state index in [1.165, 1.54) is 6.42 Å². The van der Waals surface area contributed by atoms with Crippen LogP contribution in [0.5, 0.6) is 0 Å². The van der Waals surface area contributed by atoms with Gasteiger partial charge in [-0.2, -0.15) is 11.3 Å². The van der Waals surface area contributed by atoms with Gasteiger partial charge in [0.15, 0.2) is 0 Å². The average Bonchev–Trinajstić information content (AvgIpc) is 2.46. The fourth-order valence-electron chi connectivity index (χ4n) is 1.53. The predicted octanol–water partition coefficient (Wildman–Crippen LogP) is 2.40. The van der Waals surface area contributed by atoms with Crippen LogP contribution in [0.4, 0.5) is 0 Å². The maximum Gasteiger partial charge on any atom is 0.0907 e. The summed E-state index contributed by atoms with van der Waals surface area (Å²) >= 11 is 1.95. The molecule has 0 amide bonds. The van der Waals surface area contributed by atoms with Gasteiger partial charge < -0.3 is 4.90 Å². The Morgan fingerprint density at radius 1 is 1.29 bits per heavy atom. The van der Waals surface area contributed by atoms with Crippen molar-refractivity contribution >= 4 is 23.9 Å². The number of likely N-dealkylation sites (N-methyl/N-ethyl adjacent to an activating group) is 1. The van der Waals surface area contributed by atoms with Crippen LogP contribution in [0.15, 0.2) is 11.4 Å². The lowest BCUT2D eigenvalue weighted by Gasteiger charge is -2.17. The lowest BCUT2D eigenvalue weighted by molar-refractivity contribution is 0.414. The molecule has 0 unspecified atom stereocenters. The van der Waals surface area contributed by atoms with E-state index < -0.39 is 8.07 Å². The molecule has 0 aliphatic heterocycles. The lowest BCUT2D eigenvalue weighted by atomic mass is 10.2. The zero-order chi connectivity index (χ0) is 10.8. The van der Waals surface area contributed by atoms with E-state index in [0.29, 0.717) is 0 Å². The summed E-state index contributed by atoms with van der Waals surface area (Å²) in [6.07, 6.45) is 1.20. The minimum Gasteiger partial charge on any atom is -0.309 e. The predicted molar refractivity (Wildman–Crippen MR) is 69.6 cm³/mol. The van der Waals surface area contributed by atoms with Crippen LogP contribution in [0.3, 0.4) is 0 Å². The fraction of sp³-hybridized carbons (Fsp3) is 0.636. The molecule has 0 atom stereocenters. The molecule has 0 aromatic carbocycles. The Bertz CT molecular complexity index is 286. The molecule has 3 heteroatoms. The zero-order valence-corrected chi connectivity index (χ0v) is 11.7. The standard InChI is InChI=1S/C11H21NSSi/c1-12(2)8-6-10-7-9-13-11(10)14(3,4)5/h7,9H,6,8H2,1-5H3. The summed E-state index contributed by atoms with van der Waals surface area (Å²) < 4.78 is 1.68. The van der Waals surface area contributed by atoms with Crippen molar-refractivity contribution in [2.75, 3.05) is 20.6 Å². The van der Waals surface area contributed by atoms with Crippen LogP contribution < -0.4 is 4.50 Å². The Morgan fingerprint density at radius 3 is 2.43 bits per heavy atom. The molecule has 1 rings (SSSR count). The van der Waals surface area contributed by atoms with Gasteiger partial charge in [0.2, 0.25) is 0 Å². The van der Waals surface area contributed by atoms with Gasteiger partial charge in [0.05, 0.1) is 8.07 Å². The summed E-state index contributed by atoms with van der Waals surface area (Å²) in [4.78, 5) is 2.26. The van der Waals surface area contributed by atoms with E-state index in [4.69, 9.17) is 0 Å². The number of hydrogen-bond acceptors (Lipinski definition) is 2. The minimum atomic E-state index is -1.10. The van der Waals surface area contributed by atoms with Crippen molar-refractivity contribution < 1.29 is 0 Å². The number of thiophene rings is 1. The monoisotopic (exact) mass is 227 g/mol. The van der Waals surface area contributed by atoms with Gasteiger partial charge in [-0.3, -0.25) is 0 Å². The largest absolute Gasteiger partial charge is 0.309 e. The van der Waals surface area contributed by atoms with E-state index >= 15 is 0 Å². The molecule has 0 saturated carbocycles. The molecule has 0 aliphatic carbocycles. The minimum absolute atomic E-state index is 1.10. The van der Waals surface area contributed by atoms with Crippen LogP contribution in [0.1, 0.15) is 5.56 Å². The van der Waals surface area contributed by atoms with Gasteiger partial charge in [0.25, 0.3) is 0 Å². The third-order valence-corrected chi connectivity index (χ3v) is 6.90. The molecule has 0 bridgehead atoms. The number of rotatable bonds is 4. The van der Waals surface area contributed by atoms with Crippen molar-refractivity contribution in [2.45, 2.75) is 26.1 Å². The quantitative estimate of drug-likeness (QED) is 0.714. The normalized spacial score (nSPS) is 12.4. The first kappa shape index (κ1) is 11.9. The second-order valence-corrected chi connectivity index (χ2v) is 11.4. The van der Waals surface area contributed by atoms with E-state index in [9.17, 15) is 0 Å². The van der Waals surface area contributed by atoms with Gasteiger partial charge >= 0.3 is 0 Å². The van der Waals surface area contributed by atoms with Crippen molar-refractivity contribution in [3.8, 4) is 0 Å². The fourth-order valence-corrected chi connectivity index (χ4v) is 5.01. The molecule has 1 nitrogen and oxygen atoms in total. The Morgan fingerprint density at radius 2 is 1.93 bits per heavy atom. The summed E-state index contributed by atoms with van der Waals surface area (Å²) in [7, 11) is 3.18. The van der Waals surface area contributed by atoms with Crippen LogP contribution in [0.2, 0.25) is 19.6 Å². The Labute approximate surface area is 92.8 Å². The first-order chi connectivity index (χ1) is 6.41.